The SMILES string of the molecule is CCC(C)(Pc1c(C)cccc1C=Nc1ccccc1)c1cc(C(C)(C)C)cc(C)c1OCc1ccccc1. The maximum Gasteiger partial charge on any atom is 0.126 e. The van der Waals surface area contributed by atoms with E-state index in [9.17, 15) is 0 Å². The zero-order chi connectivity index (χ0) is 28.0. The molecule has 0 aromatic heterocycles. The van der Waals surface area contributed by atoms with Gasteiger partial charge in [-0.05, 0) is 65.4 Å². The molecule has 0 aliphatic carbocycles. The third kappa shape index (κ3) is 7.06. The van der Waals surface area contributed by atoms with Crippen LogP contribution in [-0.4, -0.2) is 6.21 Å². The molecule has 2 unspecified atom stereocenters. The van der Waals surface area contributed by atoms with Gasteiger partial charge < -0.3 is 4.74 Å². The van der Waals surface area contributed by atoms with Crippen molar-refractivity contribution in [2.75, 3.05) is 0 Å². The highest BCUT2D eigenvalue weighted by Crippen LogP contribution is 2.50. The average molecular weight is 536 g/mol. The largest absolute Gasteiger partial charge is 0.488 e. The molecule has 0 aliphatic rings. The molecule has 39 heavy (non-hydrogen) atoms. The van der Waals surface area contributed by atoms with Gasteiger partial charge in [-0.3, -0.25) is 4.99 Å². The van der Waals surface area contributed by atoms with Crippen LogP contribution in [0.1, 0.15) is 74.4 Å². The number of aryl methyl sites for hydroxylation is 2. The highest BCUT2D eigenvalue weighted by atomic mass is 31.1. The molecule has 4 aromatic carbocycles. The van der Waals surface area contributed by atoms with Gasteiger partial charge in [0, 0.05) is 22.5 Å². The Morgan fingerprint density at radius 1 is 0.795 bits per heavy atom. The lowest BCUT2D eigenvalue weighted by molar-refractivity contribution is 0.297. The van der Waals surface area contributed by atoms with Gasteiger partial charge in [0.15, 0.2) is 0 Å². The standard InChI is InChI=1S/C36H42NOP/c1-8-36(7,39-34-26(2)16-15-19-29(34)24-37-31-20-13-10-14-21-31)32-23-30(35(4,5)6)22-27(3)33(32)38-25-28-17-11-9-12-18-28/h9-24,39H,8,25H2,1-7H3. The predicted octanol–water partition coefficient (Wildman–Crippen LogP) is 9.56. The van der Waals surface area contributed by atoms with Crippen LogP contribution >= 0.6 is 8.58 Å². The summed E-state index contributed by atoms with van der Waals surface area (Å²) in [4.78, 5) is 4.80. The molecule has 0 aliphatic heterocycles. The lowest BCUT2D eigenvalue weighted by Gasteiger charge is -2.34. The van der Waals surface area contributed by atoms with Crippen LogP contribution in [0.2, 0.25) is 0 Å². The van der Waals surface area contributed by atoms with Crippen LogP contribution in [-0.2, 0) is 17.2 Å². The molecule has 4 aromatic rings. The summed E-state index contributed by atoms with van der Waals surface area (Å²) < 4.78 is 6.65. The molecular weight excluding hydrogens is 493 g/mol. The number of hydrogen-bond acceptors (Lipinski definition) is 2. The van der Waals surface area contributed by atoms with Gasteiger partial charge in [-0.1, -0.05) is 122 Å². The summed E-state index contributed by atoms with van der Waals surface area (Å²) in [6.07, 6.45) is 3.04. The number of rotatable bonds is 9. The number of nitrogens with zero attached hydrogens (tertiary/aromatic N) is 1. The monoisotopic (exact) mass is 535 g/mol. The minimum Gasteiger partial charge on any atom is -0.488 e. The molecule has 3 heteroatoms. The fraction of sp³-hybridized carbons (Fsp3) is 0.306. The van der Waals surface area contributed by atoms with E-state index in [1.54, 1.807) is 0 Å². The van der Waals surface area contributed by atoms with E-state index in [4.69, 9.17) is 9.73 Å². The van der Waals surface area contributed by atoms with Gasteiger partial charge in [-0.2, -0.15) is 0 Å². The molecule has 2 atom stereocenters. The van der Waals surface area contributed by atoms with E-state index in [0.717, 1.165) is 17.9 Å². The van der Waals surface area contributed by atoms with Crippen molar-refractivity contribution in [2.24, 2.45) is 4.99 Å². The smallest absolute Gasteiger partial charge is 0.126 e. The molecule has 4 rings (SSSR count). The van der Waals surface area contributed by atoms with Crippen molar-refractivity contribution < 1.29 is 4.74 Å². The molecule has 0 spiro atoms. The van der Waals surface area contributed by atoms with Crippen LogP contribution in [0.15, 0.2) is 96.0 Å². The van der Waals surface area contributed by atoms with Crippen LogP contribution in [0.5, 0.6) is 5.75 Å². The molecule has 0 heterocycles. The summed E-state index contributed by atoms with van der Waals surface area (Å²) in [7, 11) is 0.563. The van der Waals surface area contributed by atoms with Crippen LogP contribution < -0.4 is 10.0 Å². The van der Waals surface area contributed by atoms with E-state index in [2.05, 4.69) is 109 Å². The lowest BCUT2D eigenvalue weighted by Crippen LogP contribution is -2.24. The molecule has 0 bridgehead atoms. The van der Waals surface area contributed by atoms with Crippen LogP contribution in [0.4, 0.5) is 5.69 Å². The van der Waals surface area contributed by atoms with Crippen molar-refractivity contribution in [1.29, 1.82) is 0 Å². The molecular formula is C36H42NOP. The van der Waals surface area contributed by atoms with Crippen LogP contribution in [0.3, 0.4) is 0 Å². The van der Waals surface area contributed by atoms with Gasteiger partial charge in [0.1, 0.15) is 12.4 Å². The molecule has 2 nitrogen and oxygen atoms in total. The first kappa shape index (κ1) is 28.8. The fourth-order valence-electron chi connectivity index (χ4n) is 4.79. The number of ether oxygens (including phenoxy) is 1. The first-order valence-electron chi connectivity index (χ1n) is 13.9. The van der Waals surface area contributed by atoms with Gasteiger partial charge >= 0.3 is 0 Å². The third-order valence-electron chi connectivity index (χ3n) is 7.48. The van der Waals surface area contributed by atoms with Crippen LogP contribution in [0, 0.1) is 13.8 Å². The van der Waals surface area contributed by atoms with E-state index in [-0.39, 0.29) is 10.6 Å². The third-order valence-corrected chi connectivity index (χ3v) is 9.59. The van der Waals surface area contributed by atoms with Gasteiger partial charge in [-0.25, -0.2) is 0 Å². The quantitative estimate of drug-likeness (QED) is 0.154. The topological polar surface area (TPSA) is 21.6 Å². The Kier molecular flexibility index (Phi) is 9.08. The first-order chi connectivity index (χ1) is 18.6. The van der Waals surface area contributed by atoms with E-state index in [1.165, 1.54) is 38.7 Å². The summed E-state index contributed by atoms with van der Waals surface area (Å²) in [5.41, 5.74) is 8.55. The van der Waals surface area contributed by atoms with Crippen molar-refractivity contribution in [3.63, 3.8) is 0 Å². The van der Waals surface area contributed by atoms with Crippen molar-refractivity contribution in [2.45, 2.75) is 72.1 Å². The maximum absolute atomic E-state index is 6.65. The van der Waals surface area contributed by atoms with E-state index >= 15 is 0 Å². The number of aliphatic imine (C=N–C) groups is 1. The Bertz CT molecular complexity index is 1420. The van der Waals surface area contributed by atoms with E-state index in [0.29, 0.717) is 15.2 Å². The fourth-order valence-corrected chi connectivity index (χ4v) is 6.41. The number of hydrogen-bond donors (Lipinski definition) is 0. The number of benzene rings is 4. The molecule has 202 valence electrons. The van der Waals surface area contributed by atoms with Crippen molar-refractivity contribution in [1.82, 2.24) is 0 Å². The van der Waals surface area contributed by atoms with Crippen molar-refractivity contribution in [3.05, 3.63) is 124 Å². The van der Waals surface area contributed by atoms with Gasteiger partial charge in [0.25, 0.3) is 0 Å². The minimum absolute atomic E-state index is 0.0470. The summed E-state index contributed by atoms with van der Waals surface area (Å²) in [5, 5.41) is 1.27. The van der Waals surface area contributed by atoms with E-state index in [1.807, 2.05) is 36.5 Å². The van der Waals surface area contributed by atoms with Crippen molar-refractivity contribution >= 4 is 25.8 Å². The first-order valence-corrected chi connectivity index (χ1v) is 14.9. The van der Waals surface area contributed by atoms with E-state index < -0.39 is 0 Å². The summed E-state index contributed by atoms with van der Waals surface area (Å²) >= 11 is 0. The lowest BCUT2D eigenvalue weighted by atomic mass is 9.82. The zero-order valence-electron chi connectivity index (χ0n) is 24.5. The molecule has 0 N–H and O–H groups in total. The Hall–Kier alpha value is -3.22. The molecule has 0 saturated carbocycles. The molecule has 0 fully saturated rings. The van der Waals surface area contributed by atoms with Gasteiger partial charge in [-0.15, -0.1) is 0 Å². The predicted molar refractivity (Wildman–Crippen MR) is 171 cm³/mol. The Labute approximate surface area is 237 Å². The molecule has 0 saturated heterocycles. The minimum atomic E-state index is -0.0977. The van der Waals surface area contributed by atoms with Gasteiger partial charge in [0.05, 0.1) is 5.69 Å². The summed E-state index contributed by atoms with van der Waals surface area (Å²) in [5.74, 6) is 1.02. The highest BCUT2D eigenvalue weighted by molar-refractivity contribution is 7.49. The van der Waals surface area contributed by atoms with Crippen molar-refractivity contribution in [3.8, 4) is 5.75 Å². The summed E-state index contributed by atoms with van der Waals surface area (Å²) in [6, 6.07) is 31.9. The second-order valence-corrected chi connectivity index (χ2v) is 13.5. The highest BCUT2D eigenvalue weighted by Gasteiger charge is 2.32. The maximum atomic E-state index is 6.65. The Balaban J connectivity index is 1.78. The molecule has 0 radical (unpaired) electrons. The number of para-hydroxylation sites is 1. The van der Waals surface area contributed by atoms with Crippen LogP contribution in [0.25, 0.3) is 0 Å². The average Bonchev–Trinajstić information content (AvgIpc) is 2.93. The second kappa shape index (κ2) is 12.3. The second-order valence-electron chi connectivity index (χ2n) is 11.6. The normalized spacial score (nSPS) is 13.7. The zero-order valence-corrected chi connectivity index (χ0v) is 25.5. The Morgan fingerprint density at radius 2 is 1.46 bits per heavy atom. The Morgan fingerprint density at radius 3 is 2.10 bits per heavy atom. The molecule has 0 amide bonds. The summed E-state index contributed by atoms with van der Waals surface area (Å²) in [6.45, 7) is 16.6. The van der Waals surface area contributed by atoms with Gasteiger partial charge in [0.2, 0.25) is 0 Å².